The zero-order valence-corrected chi connectivity index (χ0v) is 9.85. The van der Waals surface area contributed by atoms with Crippen molar-refractivity contribution in [2.75, 3.05) is 0 Å². The molecule has 81 valence electrons. The first kappa shape index (κ1) is 10.9. The summed E-state index contributed by atoms with van der Waals surface area (Å²) in [5, 5.41) is 0. The predicted octanol–water partition coefficient (Wildman–Crippen LogP) is 4.41. The Morgan fingerprint density at radius 3 is 2.19 bits per heavy atom. The van der Waals surface area contributed by atoms with Crippen molar-refractivity contribution in [3.63, 3.8) is 0 Å². The molecular formula is C16H17. The van der Waals surface area contributed by atoms with Gasteiger partial charge in [-0.25, -0.2) is 0 Å². The summed E-state index contributed by atoms with van der Waals surface area (Å²) < 4.78 is 0. The van der Waals surface area contributed by atoms with Crippen molar-refractivity contribution in [2.24, 2.45) is 0 Å². The van der Waals surface area contributed by atoms with Gasteiger partial charge in [0.25, 0.3) is 0 Å². The van der Waals surface area contributed by atoms with Crippen LogP contribution in [0.3, 0.4) is 0 Å². The Morgan fingerprint density at radius 2 is 1.50 bits per heavy atom. The van der Waals surface area contributed by atoms with Gasteiger partial charge in [0.2, 0.25) is 0 Å². The Kier molecular flexibility index (Phi) is 3.40. The van der Waals surface area contributed by atoms with Gasteiger partial charge in [0, 0.05) is 5.92 Å². The summed E-state index contributed by atoms with van der Waals surface area (Å²) >= 11 is 0. The van der Waals surface area contributed by atoms with Gasteiger partial charge in [0.05, 0.1) is 0 Å². The van der Waals surface area contributed by atoms with Crippen LogP contribution in [0.2, 0.25) is 0 Å². The lowest BCUT2D eigenvalue weighted by molar-refractivity contribution is 0.912. The third kappa shape index (κ3) is 2.16. The van der Waals surface area contributed by atoms with Crippen molar-refractivity contribution in [3.05, 3.63) is 77.7 Å². The highest BCUT2D eigenvalue weighted by Crippen LogP contribution is 2.27. The van der Waals surface area contributed by atoms with Gasteiger partial charge in [-0.15, -0.1) is 0 Å². The molecular weight excluding hydrogens is 192 g/mol. The Bertz CT molecular complexity index is 443. The van der Waals surface area contributed by atoms with E-state index in [0.717, 1.165) is 0 Å². The highest BCUT2D eigenvalue weighted by molar-refractivity contribution is 5.40. The molecule has 2 rings (SSSR count). The molecule has 2 aromatic rings. The van der Waals surface area contributed by atoms with Crippen LogP contribution in [0.1, 0.15) is 36.5 Å². The standard InChI is InChI=1S/C16H17/c1-3-14-9-7-8-12-16(14)13(2)15-10-5-4-6-11-15/h3-13H,1-2H3. The van der Waals surface area contributed by atoms with Gasteiger partial charge in [-0.1, -0.05) is 68.4 Å². The molecule has 0 heteroatoms. The summed E-state index contributed by atoms with van der Waals surface area (Å²) in [6, 6.07) is 19.2. The summed E-state index contributed by atoms with van der Waals surface area (Å²) in [5.74, 6) is 0.452. The number of hydrogen-bond donors (Lipinski definition) is 0. The van der Waals surface area contributed by atoms with Gasteiger partial charge in [-0.05, 0) is 23.1 Å². The van der Waals surface area contributed by atoms with E-state index in [1.165, 1.54) is 16.7 Å². The quantitative estimate of drug-likeness (QED) is 0.702. The zero-order valence-electron chi connectivity index (χ0n) is 9.85. The van der Waals surface area contributed by atoms with Crippen LogP contribution in [0, 0.1) is 6.42 Å². The van der Waals surface area contributed by atoms with Crippen molar-refractivity contribution in [3.8, 4) is 0 Å². The van der Waals surface area contributed by atoms with Crippen molar-refractivity contribution in [1.82, 2.24) is 0 Å². The minimum Gasteiger partial charge on any atom is -0.0622 e. The van der Waals surface area contributed by atoms with E-state index >= 15 is 0 Å². The first-order valence-corrected chi connectivity index (χ1v) is 5.76. The van der Waals surface area contributed by atoms with Gasteiger partial charge in [-0.3, -0.25) is 0 Å². The SMILES string of the molecule is C[CH]c1ccccc1C(C)c1ccccc1. The van der Waals surface area contributed by atoms with Gasteiger partial charge >= 0.3 is 0 Å². The fourth-order valence-electron chi connectivity index (χ4n) is 2.09. The van der Waals surface area contributed by atoms with Gasteiger partial charge in [-0.2, -0.15) is 0 Å². The molecule has 0 aliphatic rings. The van der Waals surface area contributed by atoms with Gasteiger partial charge < -0.3 is 0 Å². The maximum Gasteiger partial charge on any atom is 0.00638 e. The molecule has 0 saturated heterocycles. The highest BCUT2D eigenvalue weighted by atomic mass is 14.1. The van der Waals surface area contributed by atoms with E-state index in [0.29, 0.717) is 5.92 Å². The monoisotopic (exact) mass is 209 g/mol. The maximum atomic E-state index is 2.26. The van der Waals surface area contributed by atoms with E-state index in [1.807, 2.05) is 0 Å². The van der Waals surface area contributed by atoms with Crippen LogP contribution < -0.4 is 0 Å². The summed E-state index contributed by atoms with van der Waals surface area (Å²) in [6.07, 6.45) is 2.18. The molecule has 0 fully saturated rings. The molecule has 0 saturated carbocycles. The molecule has 0 aliphatic carbocycles. The summed E-state index contributed by atoms with van der Waals surface area (Å²) in [7, 11) is 0. The Hall–Kier alpha value is -1.56. The molecule has 16 heavy (non-hydrogen) atoms. The molecule has 0 amide bonds. The van der Waals surface area contributed by atoms with Crippen LogP contribution in [-0.4, -0.2) is 0 Å². The second-order valence-corrected chi connectivity index (χ2v) is 4.05. The third-order valence-electron chi connectivity index (χ3n) is 3.07. The topological polar surface area (TPSA) is 0 Å². The fourth-order valence-corrected chi connectivity index (χ4v) is 2.09. The third-order valence-corrected chi connectivity index (χ3v) is 3.07. The number of rotatable bonds is 3. The largest absolute Gasteiger partial charge is 0.0622 e. The lowest BCUT2D eigenvalue weighted by Gasteiger charge is -2.15. The van der Waals surface area contributed by atoms with E-state index in [1.54, 1.807) is 0 Å². The molecule has 1 unspecified atom stereocenters. The molecule has 0 nitrogen and oxygen atoms in total. The van der Waals surface area contributed by atoms with Crippen LogP contribution in [0.4, 0.5) is 0 Å². The maximum absolute atomic E-state index is 2.26. The minimum absolute atomic E-state index is 0.452. The smallest absolute Gasteiger partial charge is 0.00638 e. The zero-order chi connectivity index (χ0) is 11.4. The Morgan fingerprint density at radius 1 is 0.875 bits per heavy atom. The molecule has 0 heterocycles. The summed E-state index contributed by atoms with van der Waals surface area (Å²) in [4.78, 5) is 0. The average Bonchev–Trinajstić information content (AvgIpc) is 2.39. The van der Waals surface area contributed by atoms with E-state index in [9.17, 15) is 0 Å². The molecule has 0 bridgehead atoms. The summed E-state index contributed by atoms with van der Waals surface area (Å²) in [5.41, 5.74) is 4.10. The van der Waals surface area contributed by atoms with Gasteiger partial charge in [0.15, 0.2) is 0 Å². The van der Waals surface area contributed by atoms with Crippen molar-refractivity contribution < 1.29 is 0 Å². The highest BCUT2D eigenvalue weighted by Gasteiger charge is 2.10. The van der Waals surface area contributed by atoms with E-state index in [-0.39, 0.29) is 0 Å². The predicted molar refractivity (Wildman–Crippen MR) is 69.5 cm³/mol. The number of benzene rings is 2. The first-order valence-electron chi connectivity index (χ1n) is 5.76. The van der Waals surface area contributed by atoms with Crippen LogP contribution in [-0.2, 0) is 0 Å². The number of hydrogen-bond acceptors (Lipinski definition) is 0. The molecule has 0 N–H and O–H groups in total. The Balaban J connectivity index is 2.37. The summed E-state index contributed by atoms with van der Waals surface area (Å²) in [6.45, 7) is 4.36. The minimum atomic E-state index is 0.452. The molecule has 1 atom stereocenters. The van der Waals surface area contributed by atoms with Crippen LogP contribution >= 0.6 is 0 Å². The fraction of sp³-hybridized carbons (Fsp3) is 0.188. The van der Waals surface area contributed by atoms with Gasteiger partial charge in [0.1, 0.15) is 0 Å². The lowest BCUT2D eigenvalue weighted by atomic mass is 9.89. The van der Waals surface area contributed by atoms with Crippen molar-refractivity contribution in [2.45, 2.75) is 19.8 Å². The molecule has 1 radical (unpaired) electrons. The second kappa shape index (κ2) is 4.98. The Labute approximate surface area is 97.9 Å². The first-order chi connectivity index (χ1) is 7.83. The normalized spacial score (nSPS) is 12.4. The molecule has 2 aromatic carbocycles. The molecule has 0 spiro atoms. The van der Waals surface area contributed by atoms with Crippen molar-refractivity contribution >= 4 is 0 Å². The lowest BCUT2D eigenvalue weighted by Crippen LogP contribution is -1.99. The van der Waals surface area contributed by atoms with Crippen LogP contribution in [0.25, 0.3) is 0 Å². The average molecular weight is 209 g/mol. The van der Waals surface area contributed by atoms with E-state index in [2.05, 4.69) is 74.9 Å². The van der Waals surface area contributed by atoms with Crippen molar-refractivity contribution in [1.29, 1.82) is 0 Å². The molecule has 0 aromatic heterocycles. The van der Waals surface area contributed by atoms with E-state index < -0.39 is 0 Å². The van der Waals surface area contributed by atoms with Crippen LogP contribution in [0.5, 0.6) is 0 Å². The molecule has 0 aliphatic heterocycles. The van der Waals surface area contributed by atoms with Crippen LogP contribution in [0.15, 0.2) is 54.6 Å². The van der Waals surface area contributed by atoms with E-state index in [4.69, 9.17) is 0 Å². The second-order valence-electron chi connectivity index (χ2n) is 4.05.